The number of hydroxylamine groups is 1. The maximum atomic E-state index is 11.4. The molecule has 96 valence electrons. The van der Waals surface area contributed by atoms with Gasteiger partial charge in [-0.15, -0.1) is 10.2 Å². The van der Waals surface area contributed by atoms with E-state index in [1.807, 2.05) is 27.8 Å². The van der Waals surface area contributed by atoms with E-state index in [9.17, 15) is 4.79 Å². The van der Waals surface area contributed by atoms with E-state index in [0.717, 1.165) is 0 Å². The molecule has 0 saturated heterocycles. The number of aromatic nitrogens is 3. The molecule has 1 rings (SSSR count). The maximum absolute atomic E-state index is 11.4. The van der Waals surface area contributed by atoms with Crippen LogP contribution in [0.5, 0.6) is 0 Å². The quantitative estimate of drug-likeness (QED) is 0.746. The van der Waals surface area contributed by atoms with Crippen molar-refractivity contribution in [2.75, 3.05) is 6.61 Å². The number of carbonyl (C=O) groups is 1. The monoisotopic (exact) mass is 241 g/mol. The standard InChI is InChI=1S/C10H19N5O2/c1-7(2)5-17-14-10(16)12-8(3)9-13-11-6-15(9)4/h6-8H,5H2,1-4H3,(H2,12,14,16)/t8-/m0/s1. The molecular weight excluding hydrogens is 222 g/mol. The molecule has 0 aliphatic carbocycles. The number of urea groups is 1. The van der Waals surface area contributed by atoms with E-state index in [0.29, 0.717) is 18.3 Å². The summed E-state index contributed by atoms with van der Waals surface area (Å²) in [6.45, 7) is 6.31. The second kappa shape index (κ2) is 6.19. The number of rotatable bonds is 5. The van der Waals surface area contributed by atoms with Crippen LogP contribution in [-0.2, 0) is 11.9 Å². The highest BCUT2D eigenvalue weighted by Crippen LogP contribution is 2.06. The van der Waals surface area contributed by atoms with Crippen molar-refractivity contribution in [1.82, 2.24) is 25.6 Å². The van der Waals surface area contributed by atoms with Crippen LogP contribution >= 0.6 is 0 Å². The first kappa shape index (κ1) is 13.4. The van der Waals surface area contributed by atoms with Crippen molar-refractivity contribution in [2.45, 2.75) is 26.8 Å². The first-order valence-electron chi connectivity index (χ1n) is 5.53. The second-order valence-corrected chi connectivity index (χ2v) is 4.30. The van der Waals surface area contributed by atoms with Gasteiger partial charge in [-0.25, -0.2) is 10.3 Å². The van der Waals surface area contributed by atoms with Gasteiger partial charge in [-0.2, -0.15) is 0 Å². The molecule has 17 heavy (non-hydrogen) atoms. The molecule has 1 atom stereocenters. The SMILES string of the molecule is CC(C)CONC(=O)N[C@@H](C)c1nncn1C. The van der Waals surface area contributed by atoms with Crippen LogP contribution in [0.25, 0.3) is 0 Å². The predicted octanol–water partition coefficient (Wildman–Crippen LogP) is 0.763. The molecule has 0 fully saturated rings. The summed E-state index contributed by atoms with van der Waals surface area (Å²) in [6, 6.07) is -0.619. The molecule has 2 N–H and O–H groups in total. The lowest BCUT2D eigenvalue weighted by atomic mass is 10.2. The van der Waals surface area contributed by atoms with Gasteiger partial charge in [-0.1, -0.05) is 13.8 Å². The van der Waals surface area contributed by atoms with Crippen molar-refractivity contribution in [3.63, 3.8) is 0 Å². The molecule has 0 aliphatic rings. The maximum Gasteiger partial charge on any atom is 0.339 e. The van der Waals surface area contributed by atoms with E-state index in [4.69, 9.17) is 4.84 Å². The summed E-state index contributed by atoms with van der Waals surface area (Å²) in [5, 5.41) is 10.4. The van der Waals surface area contributed by atoms with Crippen molar-refractivity contribution in [3.05, 3.63) is 12.2 Å². The lowest BCUT2D eigenvalue weighted by Crippen LogP contribution is -2.38. The number of nitrogens with one attached hydrogen (secondary N) is 2. The molecule has 0 radical (unpaired) electrons. The molecular formula is C10H19N5O2. The van der Waals surface area contributed by atoms with E-state index >= 15 is 0 Å². The Morgan fingerprint density at radius 2 is 2.24 bits per heavy atom. The van der Waals surface area contributed by atoms with E-state index in [2.05, 4.69) is 21.0 Å². The smallest absolute Gasteiger partial charge is 0.327 e. The van der Waals surface area contributed by atoms with E-state index in [1.54, 1.807) is 10.9 Å². The van der Waals surface area contributed by atoms with Gasteiger partial charge in [-0.05, 0) is 12.8 Å². The van der Waals surface area contributed by atoms with Gasteiger partial charge < -0.3 is 9.88 Å². The minimum absolute atomic E-state index is 0.231. The molecule has 7 nitrogen and oxygen atoms in total. The summed E-state index contributed by atoms with van der Waals surface area (Å²) >= 11 is 0. The van der Waals surface area contributed by atoms with E-state index in [1.165, 1.54) is 0 Å². The lowest BCUT2D eigenvalue weighted by molar-refractivity contribution is 0.0433. The summed E-state index contributed by atoms with van der Waals surface area (Å²) in [4.78, 5) is 16.4. The summed E-state index contributed by atoms with van der Waals surface area (Å²) in [7, 11) is 1.82. The average Bonchev–Trinajstić information content (AvgIpc) is 2.63. The van der Waals surface area contributed by atoms with Gasteiger partial charge in [0.05, 0.1) is 12.6 Å². The van der Waals surface area contributed by atoms with Crippen molar-refractivity contribution >= 4 is 6.03 Å². The molecule has 0 aliphatic heterocycles. The molecule has 1 aromatic rings. The largest absolute Gasteiger partial charge is 0.339 e. The Balaban J connectivity index is 2.34. The molecule has 1 aromatic heterocycles. The van der Waals surface area contributed by atoms with Crippen molar-refractivity contribution in [3.8, 4) is 0 Å². The second-order valence-electron chi connectivity index (χ2n) is 4.30. The molecule has 0 aromatic carbocycles. The number of amides is 2. The highest BCUT2D eigenvalue weighted by molar-refractivity contribution is 5.73. The zero-order chi connectivity index (χ0) is 12.8. The Hall–Kier alpha value is -1.63. The first-order chi connectivity index (χ1) is 8.00. The zero-order valence-corrected chi connectivity index (χ0v) is 10.6. The van der Waals surface area contributed by atoms with Crippen molar-refractivity contribution < 1.29 is 9.63 Å². The van der Waals surface area contributed by atoms with Crippen LogP contribution in [0.1, 0.15) is 32.6 Å². The molecule has 1 heterocycles. The summed E-state index contributed by atoms with van der Waals surface area (Å²) in [6.07, 6.45) is 1.58. The highest BCUT2D eigenvalue weighted by Gasteiger charge is 2.13. The van der Waals surface area contributed by atoms with Gasteiger partial charge in [0.25, 0.3) is 0 Å². The predicted molar refractivity (Wildman–Crippen MR) is 61.9 cm³/mol. The van der Waals surface area contributed by atoms with Gasteiger partial charge in [0.1, 0.15) is 6.33 Å². The fourth-order valence-electron chi connectivity index (χ4n) is 1.25. The normalized spacial score (nSPS) is 12.5. The Labute approximate surface area is 101 Å². The Morgan fingerprint density at radius 3 is 2.76 bits per heavy atom. The molecule has 0 spiro atoms. The number of hydrogen-bond donors (Lipinski definition) is 2. The van der Waals surface area contributed by atoms with Crippen LogP contribution in [-0.4, -0.2) is 27.4 Å². The Morgan fingerprint density at radius 1 is 1.53 bits per heavy atom. The van der Waals surface area contributed by atoms with E-state index < -0.39 is 0 Å². The fourth-order valence-corrected chi connectivity index (χ4v) is 1.25. The van der Waals surface area contributed by atoms with Crippen molar-refractivity contribution in [1.29, 1.82) is 0 Å². The van der Waals surface area contributed by atoms with Gasteiger partial charge in [0, 0.05) is 7.05 Å². The minimum atomic E-state index is -0.388. The number of aryl methyl sites for hydroxylation is 1. The number of carbonyl (C=O) groups excluding carboxylic acids is 1. The fraction of sp³-hybridized carbons (Fsp3) is 0.700. The van der Waals surface area contributed by atoms with Crippen LogP contribution in [0.4, 0.5) is 4.79 Å². The average molecular weight is 241 g/mol. The number of nitrogens with zero attached hydrogens (tertiary/aromatic N) is 3. The van der Waals surface area contributed by atoms with Crippen LogP contribution < -0.4 is 10.8 Å². The van der Waals surface area contributed by atoms with Crippen LogP contribution in [0.2, 0.25) is 0 Å². The summed E-state index contributed by atoms with van der Waals surface area (Å²) in [5.41, 5.74) is 2.32. The van der Waals surface area contributed by atoms with Crippen molar-refractivity contribution in [2.24, 2.45) is 13.0 Å². The van der Waals surface area contributed by atoms with Gasteiger partial charge in [0.2, 0.25) is 0 Å². The van der Waals surface area contributed by atoms with Crippen LogP contribution in [0, 0.1) is 5.92 Å². The third-order valence-corrected chi connectivity index (χ3v) is 2.06. The Bertz CT molecular complexity index is 363. The third-order valence-electron chi connectivity index (χ3n) is 2.06. The zero-order valence-electron chi connectivity index (χ0n) is 10.6. The molecule has 0 unspecified atom stereocenters. The van der Waals surface area contributed by atoms with Gasteiger partial charge in [-0.3, -0.25) is 4.84 Å². The Kier molecular flexibility index (Phi) is 4.89. The van der Waals surface area contributed by atoms with Crippen LogP contribution in [0.3, 0.4) is 0 Å². The minimum Gasteiger partial charge on any atom is -0.327 e. The number of hydrogen-bond acceptors (Lipinski definition) is 4. The first-order valence-corrected chi connectivity index (χ1v) is 5.53. The summed E-state index contributed by atoms with van der Waals surface area (Å²) < 4.78 is 1.75. The van der Waals surface area contributed by atoms with Crippen LogP contribution in [0.15, 0.2) is 6.33 Å². The van der Waals surface area contributed by atoms with E-state index in [-0.39, 0.29) is 12.1 Å². The third kappa shape index (κ3) is 4.39. The lowest BCUT2D eigenvalue weighted by Gasteiger charge is -2.14. The van der Waals surface area contributed by atoms with Gasteiger partial charge >= 0.3 is 6.03 Å². The molecule has 7 heteroatoms. The molecule has 0 bridgehead atoms. The van der Waals surface area contributed by atoms with Gasteiger partial charge in [0.15, 0.2) is 5.82 Å². The molecule has 2 amide bonds. The summed E-state index contributed by atoms with van der Waals surface area (Å²) in [5.74, 6) is 1.05. The molecule has 0 saturated carbocycles. The highest BCUT2D eigenvalue weighted by atomic mass is 16.7. The topological polar surface area (TPSA) is 81.1 Å².